The number of nitrogens with zero attached hydrogens (tertiary/aromatic N) is 16. The van der Waals surface area contributed by atoms with Gasteiger partial charge in [-0.2, -0.15) is 0 Å². The SMILES string of the molecule is CC(COc1ccccc1-c1cc(N2CCN(C(=O)c3ccncn3)[C@@H](C)C2)c(N)nn1)[C@H](N)C(=O)N1CCN(c2cc(-c3ccccc3Oc3cc(C(=O)N4CCN(c5cc(-c6ccccc6O)nnc5N)C[C@H]4C)ncn3)nnc2N)C[C@@H]1C. The smallest absolute Gasteiger partial charge is 0.273 e. The second kappa shape index (κ2) is 24.8. The number of aromatic hydroxyl groups is 1. The molecule has 3 aliphatic rings. The molecule has 86 heavy (non-hydrogen) atoms. The first-order valence-corrected chi connectivity index (χ1v) is 28.3. The second-order valence-corrected chi connectivity index (χ2v) is 21.7. The van der Waals surface area contributed by atoms with Gasteiger partial charge in [0.05, 0.1) is 46.8 Å². The number of ether oxygens (including phenoxy) is 2. The molecule has 26 heteroatoms. The molecule has 5 aromatic heterocycles. The van der Waals surface area contributed by atoms with E-state index in [9.17, 15) is 19.5 Å². The number of amides is 3. The summed E-state index contributed by atoms with van der Waals surface area (Å²) >= 11 is 0. The quantitative estimate of drug-likeness (QED) is 0.0931. The van der Waals surface area contributed by atoms with E-state index in [4.69, 9.17) is 32.4 Å². The first-order valence-electron chi connectivity index (χ1n) is 28.3. The number of hydrogen-bond acceptors (Lipinski definition) is 23. The lowest BCUT2D eigenvalue weighted by Gasteiger charge is -2.42. The van der Waals surface area contributed by atoms with Gasteiger partial charge >= 0.3 is 0 Å². The van der Waals surface area contributed by atoms with E-state index in [1.807, 2.05) is 88.4 Å². The van der Waals surface area contributed by atoms with Crippen molar-refractivity contribution in [2.45, 2.75) is 51.9 Å². The number of aromatic nitrogens is 10. The van der Waals surface area contributed by atoms with Crippen LogP contribution in [-0.2, 0) is 4.79 Å². The second-order valence-electron chi connectivity index (χ2n) is 21.7. The van der Waals surface area contributed by atoms with Crippen LogP contribution in [0.3, 0.4) is 0 Å². The minimum Gasteiger partial charge on any atom is -0.507 e. The third kappa shape index (κ3) is 12.0. The van der Waals surface area contributed by atoms with Gasteiger partial charge in [0.2, 0.25) is 11.8 Å². The molecule has 9 N–H and O–H groups in total. The standard InChI is InChI=1S/C60H66N20O6/c1-35(32-85-51-15-9-6-12-40(51)44-26-48(56(63)73-70-44)76-19-22-78(36(2)29-76)58(82)42-17-18-65-33-66-42)54(61)60(84)80-24-21-77(31-38(80)4)49-27-45(71-74-57(49)64)41-13-7-10-16-52(41)86-53-28-46(67-34-68-53)59(83)79-23-20-75(30-37(79)3)47-25-43(69-72-55(47)62)39-11-5-8-14-50(39)81/h5-18,25-28,33-38,54,81H,19-24,29-32,61H2,1-4H3,(H2,62,72)(H2,63,73)(H2,64,74)/t35?,36-,37+,38-,54-/m0/s1. The van der Waals surface area contributed by atoms with Crippen molar-refractivity contribution in [3.8, 4) is 56.9 Å². The lowest BCUT2D eigenvalue weighted by molar-refractivity contribution is -0.136. The van der Waals surface area contributed by atoms with Crippen LogP contribution in [0.1, 0.15) is 48.7 Å². The van der Waals surface area contributed by atoms with Crippen LogP contribution in [-0.4, -0.2) is 178 Å². The van der Waals surface area contributed by atoms with Crippen LogP contribution in [0.5, 0.6) is 23.1 Å². The van der Waals surface area contributed by atoms with E-state index >= 15 is 0 Å². The van der Waals surface area contributed by atoms with Crippen LogP contribution in [0, 0.1) is 5.92 Å². The molecule has 3 saturated heterocycles. The number of phenols is 1. The average molecular weight is 1160 g/mol. The Balaban J connectivity index is 0.698. The first kappa shape index (κ1) is 57.4. The maximum atomic E-state index is 14.2. The fourth-order valence-corrected chi connectivity index (χ4v) is 11.1. The molecule has 5 atom stereocenters. The van der Waals surface area contributed by atoms with Gasteiger partial charge in [0.15, 0.2) is 17.5 Å². The molecule has 3 fully saturated rings. The molecule has 26 nitrogen and oxygen atoms in total. The number of benzene rings is 3. The van der Waals surface area contributed by atoms with Crippen LogP contribution in [0.15, 0.2) is 122 Å². The monoisotopic (exact) mass is 1160 g/mol. The Morgan fingerprint density at radius 2 is 1.02 bits per heavy atom. The van der Waals surface area contributed by atoms with Crippen molar-refractivity contribution in [1.82, 2.24) is 65.2 Å². The zero-order valence-electron chi connectivity index (χ0n) is 48.0. The fraction of sp³-hybridized carbons (Fsp3) is 0.317. The molecular formula is C60H66N20O6. The number of hydrogen-bond donors (Lipinski definition) is 5. The van der Waals surface area contributed by atoms with Crippen LogP contribution in [0.4, 0.5) is 34.5 Å². The highest BCUT2D eigenvalue weighted by Gasteiger charge is 2.36. The number of piperazine rings is 3. The highest BCUT2D eigenvalue weighted by molar-refractivity contribution is 5.93. The van der Waals surface area contributed by atoms with Gasteiger partial charge in [-0.1, -0.05) is 43.3 Å². The normalized spacial score (nSPS) is 17.9. The molecule has 0 bridgehead atoms. The molecule has 8 aromatic rings. The molecule has 8 heterocycles. The number of carbonyl (C=O) groups excluding carboxylic acids is 3. The highest BCUT2D eigenvalue weighted by atomic mass is 16.5. The van der Waals surface area contributed by atoms with Gasteiger partial charge in [0.25, 0.3) is 11.8 Å². The molecule has 3 aliphatic heterocycles. The fourth-order valence-electron chi connectivity index (χ4n) is 11.1. The van der Waals surface area contributed by atoms with E-state index in [0.717, 1.165) is 0 Å². The molecule has 0 saturated carbocycles. The van der Waals surface area contributed by atoms with E-state index < -0.39 is 6.04 Å². The zero-order valence-corrected chi connectivity index (χ0v) is 48.0. The Bertz CT molecular complexity index is 3790. The van der Waals surface area contributed by atoms with Gasteiger partial charge in [-0.25, -0.2) is 19.9 Å². The van der Waals surface area contributed by atoms with E-state index in [1.54, 1.807) is 57.3 Å². The van der Waals surface area contributed by atoms with Gasteiger partial charge in [-0.15, -0.1) is 30.6 Å². The molecule has 11 rings (SSSR count). The third-order valence-corrected chi connectivity index (χ3v) is 15.9. The summed E-state index contributed by atoms with van der Waals surface area (Å²) in [5.74, 6) is 0.861. The molecule has 442 valence electrons. The highest BCUT2D eigenvalue weighted by Crippen LogP contribution is 2.38. The van der Waals surface area contributed by atoms with Crippen molar-refractivity contribution in [2.75, 3.05) is 97.4 Å². The molecule has 0 spiro atoms. The summed E-state index contributed by atoms with van der Waals surface area (Å²) < 4.78 is 12.8. The number of carbonyl (C=O) groups is 3. The summed E-state index contributed by atoms with van der Waals surface area (Å²) in [7, 11) is 0. The number of phenolic OH excluding ortho intramolecular Hbond substituents is 1. The summed E-state index contributed by atoms with van der Waals surface area (Å²) in [5, 5.41) is 36.4. The molecule has 1 unspecified atom stereocenters. The minimum absolute atomic E-state index is 0.0788. The summed E-state index contributed by atoms with van der Waals surface area (Å²) in [6, 6.07) is 28.8. The predicted octanol–water partition coefficient (Wildman–Crippen LogP) is 4.66. The number of anilines is 6. The van der Waals surface area contributed by atoms with E-state index in [1.165, 1.54) is 18.7 Å². The summed E-state index contributed by atoms with van der Waals surface area (Å²) in [6.07, 6.45) is 4.21. The zero-order chi connectivity index (χ0) is 60.2. The molecule has 0 aliphatic carbocycles. The van der Waals surface area contributed by atoms with E-state index in [2.05, 4.69) is 65.2 Å². The van der Waals surface area contributed by atoms with E-state index in [-0.39, 0.29) is 83.1 Å². The summed E-state index contributed by atoms with van der Waals surface area (Å²) in [4.78, 5) is 69.9. The van der Waals surface area contributed by atoms with Gasteiger partial charge in [0.1, 0.15) is 41.3 Å². The van der Waals surface area contributed by atoms with Crippen molar-refractivity contribution < 1.29 is 29.0 Å². The average Bonchev–Trinajstić information content (AvgIpc) is 1.74. The topological polar surface area (TPSA) is 342 Å². The van der Waals surface area contributed by atoms with Crippen LogP contribution in [0.2, 0.25) is 0 Å². The Labute approximate surface area is 495 Å². The van der Waals surface area contributed by atoms with Crippen molar-refractivity contribution in [1.29, 1.82) is 0 Å². The minimum atomic E-state index is -0.871. The molecule has 0 radical (unpaired) electrons. The van der Waals surface area contributed by atoms with Crippen molar-refractivity contribution in [2.24, 2.45) is 11.7 Å². The van der Waals surface area contributed by atoms with Gasteiger partial charge < -0.3 is 66.9 Å². The number of rotatable bonds is 15. The molecular weight excluding hydrogens is 1100 g/mol. The Morgan fingerprint density at radius 1 is 0.558 bits per heavy atom. The number of nitrogen functional groups attached to an aromatic ring is 3. The lowest BCUT2D eigenvalue weighted by Crippen LogP contribution is -2.59. The lowest BCUT2D eigenvalue weighted by atomic mass is 10.0. The van der Waals surface area contributed by atoms with E-state index in [0.29, 0.717) is 127 Å². The predicted molar refractivity (Wildman–Crippen MR) is 323 cm³/mol. The molecule has 3 amide bonds. The maximum absolute atomic E-state index is 14.2. The molecule has 3 aromatic carbocycles. The van der Waals surface area contributed by atoms with Crippen molar-refractivity contribution in [3.63, 3.8) is 0 Å². The maximum Gasteiger partial charge on any atom is 0.273 e. The largest absolute Gasteiger partial charge is 0.507 e. The van der Waals surface area contributed by atoms with Crippen molar-refractivity contribution in [3.05, 3.63) is 133 Å². The van der Waals surface area contributed by atoms with Gasteiger partial charge in [-0.05, 0) is 81.4 Å². The number of para-hydroxylation sites is 3. The summed E-state index contributed by atoms with van der Waals surface area (Å²) in [6.45, 7) is 11.9. The van der Waals surface area contributed by atoms with Crippen molar-refractivity contribution >= 4 is 52.2 Å². The summed E-state index contributed by atoms with van der Waals surface area (Å²) in [5.41, 5.74) is 31.8. The Hall–Kier alpha value is -10.4. The van der Waals surface area contributed by atoms with Crippen LogP contribution < -0.4 is 47.1 Å². The van der Waals surface area contributed by atoms with Gasteiger partial charge in [0, 0.05) is 112 Å². The van der Waals surface area contributed by atoms with Crippen LogP contribution in [0.25, 0.3) is 33.8 Å². The third-order valence-electron chi connectivity index (χ3n) is 15.9. The Kier molecular flexibility index (Phi) is 16.6. The van der Waals surface area contributed by atoms with Crippen LogP contribution >= 0.6 is 0 Å². The Morgan fingerprint density at radius 3 is 1.55 bits per heavy atom. The number of nitrogens with two attached hydrogens (primary N) is 4. The first-order chi connectivity index (χ1) is 41.6. The van der Waals surface area contributed by atoms with Gasteiger partial charge in [-0.3, -0.25) is 14.4 Å².